The van der Waals surface area contributed by atoms with Crippen molar-refractivity contribution < 1.29 is 19.4 Å². The van der Waals surface area contributed by atoms with Gasteiger partial charge in [0, 0.05) is 27.3 Å². The van der Waals surface area contributed by atoms with Crippen molar-refractivity contribution in [2.75, 3.05) is 45.4 Å². The Labute approximate surface area is 116 Å². The third-order valence-corrected chi connectivity index (χ3v) is 2.79. The first kappa shape index (κ1) is 15.7. The van der Waals surface area contributed by atoms with Crippen LogP contribution in [0.15, 0.2) is 12.1 Å². The van der Waals surface area contributed by atoms with Crippen LogP contribution in [-0.4, -0.2) is 56.6 Å². The second-order valence-electron chi connectivity index (χ2n) is 3.78. The molecule has 106 valence electrons. The Kier molecular flexibility index (Phi) is 6.55. The third kappa shape index (κ3) is 4.66. The van der Waals surface area contributed by atoms with E-state index >= 15 is 0 Å². The highest BCUT2D eigenvalue weighted by Gasteiger charge is 2.15. The van der Waals surface area contributed by atoms with E-state index in [9.17, 15) is 4.79 Å². The van der Waals surface area contributed by atoms with Crippen LogP contribution in [0, 0.1) is 0 Å². The zero-order valence-corrected chi connectivity index (χ0v) is 11.7. The molecule has 19 heavy (non-hydrogen) atoms. The normalized spacial score (nSPS) is 10.5. The molecule has 0 aliphatic carbocycles. The van der Waals surface area contributed by atoms with Gasteiger partial charge in [0.05, 0.1) is 18.2 Å². The highest BCUT2D eigenvalue weighted by atomic mass is 35.5. The molecule has 1 aromatic heterocycles. The average Bonchev–Trinajstić information content (AvgIpc) is 2.39. The van der Waals surface area contributed by atoms with E-state index in [2.05, 4.69) is 4.98 Å². The maximum Gasteiger partial charge on any atom is 0.356 e. The van der Waals surface area contributed by atoms with Crippen LogP contribution < -0.4 is 4.90 Å². The van der Waals surface area contributed by atoms with Gasteiger partial charge in [0.2, 0.25) is 0 Å². The number of anilines is 1. The van der Waals surface area contributed by atoms with Gasteiger partial charge in [-0.3, -0.25) is 0 Å². The summed E-state index contributed by atoms with van der Waals surface area (Å²) in [7, 11) is 3.21. The monoisotopic (exact) mass is 288 g/mol. The number of methoxy groups -OCH3 is 2. The van der Waals surface area contributed by atoms with Crippen LogP contribution in [0.1, 0.15) is 10.5 Å². The lowest BCUT2D eigenvalue weighted by Gasteiger charge is -2.23. The highest BCUT2D eigenvalue weighted by Crippen LogP contribution is 2.19. The summed E-state index contributed by atoms with van der Waals surface area (Å²) in [5, 5.41) is 9.13. The summed E-state index contributed by atoms with van der Waals surface area (Å²) in [6, 6.07) is 3.21. The molecule has 1 aromatic rings. The second-order valence-corrected chi connectivity index (χ2v) is 4.18. The van der Waals surface area contributed by atoms with Crippen LogP contribution >= 0.6 is 11.6 Å². The first-order valence-electron chi connectivity index (χ1n) is 5.72. The number of rotatable bonds is 8. The molecule has 0 fully saturated rings. The number of hydrogen-bond acceptors (Lipinski definition) is 5. The molecular formula is C12H17ClN2O4. The fourth-order valence-electron chi connectivity index (χ4n) is 1.50. The molecule has 0 aliphatic rings. The molecule has 0 bridgehead atoms. The van der Waals surface area contributed by atoms with Crippen LogP contribution in [-0.2, 0) is 9.47 Å². The lowest BCUT2D eigenvalue weighted by molar-refractivity contribution is 0.0691. The van der Waals surface area contributed by atoms with Gasteiger partial charge in [-0.1, -0.05) is 11.6 Å². The van der Waals surface area contributed by atoms with E-state index < -0.39 is 5.97 Å². The van der Waals surface area contributed by atoms with Crippen molar-refractivity contribution in [3.8, 4) is 0 Å². The Bertz CT molecular complexity index is 420. The smallest absolute Gasteiger partial charge is 0.356 e. The molecule has 0 saturated carbocycles. The lowest BCUT2D eigenvalue weighted by atomic mass is 10.3. The number of ether oxygens (including phenoxy) is 2. The van der Waals surface area contributed by atoms with Crippen LogP contribution in [0.5, 0.6) is 0 Å². The Morgan fingerprint density at radius 2 is 1.89 bits per heavy atom. The Hall–Kier alpha value is -1.37. The third-order valence-electron chi connectivity index (χ3n) is 2.49. The average molecular weight is 289 g/mol. The number of nitrogens with zero attached hydrogens (tertiary/aromatic N) is 2. The molecule has 0 amide bonds. The van der Waals surface area contributed by atoms with Crippen molar-refractivity contribution in [2.45, 2.75) is 0 Å². The van der Waals surface area contributed by atoms with Gasteiger partial charge in [-0.15, -0.1) is 0 Å². The van der Waals surface area contributed by atoms with E-state index in [1.807, 2.05) is 4.90 Å². The Morgan fingerprint density at radius 1 is 1.32 bits per heavy atom. The summed E-state index contributed by atoms with van der Waals surface area (Å²) in [6.45, 7) is 2.20. The Morgan fingerprint density at radius 3 is 2.37 bits per heavy atom. The molecule has 1 rings (SSSR count). The van der Waals surface area contributed by atoms with E-state index in [4.69, 9.17) is 26.2 Å². The van der Waals surface area contributed by atoms with Gasteiger partial charge in [-0.25, -0.2) is 9.78 Å². The van der Waals surface area contributed by atoms with Gasteiger partial charge >= 0.3 is 5.97 Å². The standard InChI is InChI=1S/C12H17ClN2O4/c1-18-7-5-15(6-8-19-2)10-4-3-9(13)11(14-10)12(16)17/h3-4H,5-8H2,1-2H3,(H,16,17). The number of carbonyl (C=O) groups is 1. The molecule has 0 aromatic carbocycles. The quantitative estimate of drug-likeness (QED) is 0.782. The van der Waals surface area contributed by atoms with Gasteiger partial charge in [-0.2, -0.15) is 0 Å². The van der Waals surface area contributed by atoms with Crippen LogP contribution in [0.4, 0.5) is 5.82 Å². The first-order valence-corrected chi connectivity index (χ1v) is 6.10. The molecule has 0 radical (unpaired) electrons. The lowest BCUT2D eigenvalue weighted by Crippen LogP contribution is -2.31. The fourth-order valence-corrected chi connectivity index (χ4v) is 1.69. The molecule has 0 unspecified atom stereocenters. The van der Waals surface area contributed by atoms with E-state index in [-0.39, 0.29) is 10.7 Å². The van der Waals surface area contributed by atoms with Crippen LogP contribution in [0.2, 0.25) is 5.02 Å². The van der Waals surface area contributed by atoms with Gasteiger partial charge in [0.1, 0.15) is 5.82 Å². The minimum Gasteiger partial charge on any atom is -0.476 e. The van der Waals surface area contributed by atoms with Crippen molar-refractivity contribution >= 4 is 23.4 Å². The zero-order chi connectivity index (χ0) is 14.3. The van der Waals surface area contributed by atoms with Gasteiger partial charge in [0.25, 0.3) is 0 Å². The summed E-state index contributed by atoms with van der Waals surface area (Å²) >= 11 is 5.79. The summed E-state index contributed by atoms with van der Waals surface area (Å²) in [5.74, 6) is -0.610. The van der Waals surface area contributed by atoms with Crippen molar-refractivity contribution in [3.05, 3.63) is 22.8 Å². The van der Waals surface area contributed by atoms with E-state index in [0.717, 1.165) is 0 Å². The minimum atomic E-state index is -1.15. The topological polar surface area (TPSA) is 71.9 Å². The number of carboxylic acids is 1. The number of hydrogen-bond donors (Lipinski definition) is 1. The first-order chi connectivity index (χ1) is 9.10. The minimum absolute atomic E-state index is 0.120. The maximum absolute atomic E-state index is 11.0. The summed E-state index contributed by atoms with van der Waals surface area (Å²) in [5.41, 5.74) is -0.154. The molecule has 1 N–H and O–H groups in total. The zero-order valence-electron chi connectivity index (χ0n) is 10.9. The molecule has 0 aliphatic heterocycles. The van der Waals surface area contributed by atoms with Crippen LogP contribution in [0.3, 0.4) is 0 Å². The largest absolute Gasteiger partial charge is 0.476 e. The van der Waals surface area contributed by atoms with E-state index in [1.165, 1.54) is 6.07 Å². The predicted octanol–water partition coefficient (Wildman–Crippen LogP) is 1.53. The van der Waals surface area contributed by atoms with Gasteiger partial charge < -0.3 is 19.5 Å². The molecular weight excluding hydrogens is 272 g/mol. The summed E-state index contributed by atoms with van der Waals surface area (Å²) in [4.78, 5) is 17.0. The fraction of sp³-hybridized carbons (Fsp3) is 0.500. The van der Waals surface area contributed by atoms with Crippen molar-refractivity contribution in [1.29, 1.82) is 0 Å². The SMILES string of the molecule is COCCN(CCOC)c1ccc(Cl)c(C(=O)O)n1. The van der Waals surface area contributed by atoms with Gasteiger partial charge in [0.15, 0.2) is 5.69 Å². The number of pyridine rings is 1. The van der Waals surface area contributed by atoms with E-state index in [0.29, 0.717) is 32.1 Å². The maximum atomic E-state index is 11.0. The van der Waals surface area contributed by atoms with Crippen LogP contribution in [0.25, 0.3) is 0 Å². The summed E-state index contributed by atoms with van der Waals surface area (Å²) < 4.78 is 10.0. The second kappa shape index (κ2) is 7.93. The van der Waals surface area contributed by atoms with Crippen molar-refractivity contribution in [3.63, 3.8) is 0 Å². The van der Waals surface area contributed by atoms with Gasteiger partial charge in [-0.05, 0) is 12.1 Å². The summed E-state index contributed by atoms with van der Waals surface area (Å²) in [6.07, 6.45) is 0. The molecule has 0 spiro atoms. The number of aromatic nitrogens is 1. The Balaban J connectivity index is 2.93. The number of aromatic carboxylic acids is 1. The predicted molar refractivity (Wildman–Crippen MR) is 72.2 cm³/mol. The molecule has 6 nitrogen and oxygen atoms in total. The molecule has 7 heteroatoms. The van der Waals surface area contributed by atoms with E-state index in [1.54, 1.807) is 20.3 Å². The van der Waals surface area contributed by atoms with Crippen molar-refractivity contribution in [1.82, 2.24) is 4.98 Å². The number of carboxylic acid groups (broad SMARTS) is 1. The highest BCUT2D eigenvalue weighted by molar-refractivity contribution is 6.33. The molecule has 1 heterocycles. The number of halogens is 1. The molecule has 0 atom stereocenters. The van der Waals surface area contributed by atoms with Crippen molar-refractivity contribution in [2.24, 2.45) is 0 Å². The molecule has 0 saturated heterocycles.